The van der Waals surface area contributed by atoms with Gasteiger partial charge in [0.05, 0.1) is 12.2 Å². The molecule has 1 saturated heterocycles. The van der Waals surface area contributed by atoms with Gasteiger partial charge in [0.15, 0.2) is 0 Å². The molecule has 5 nitrogen and oxygen atoms in total. The van der Waals surface area contributed by atoms with Crippen LogP contribution < -0.4 is 5.73 Å². The van der Waals surface area contributed by atoms with Gasteiger partial charge < -0.3 is 5.73 Å². The molecule has 18 heavy (non-hydrogen) atoms. The van der Waals surface area contributed by atoms with Gasteiger partial charge in [-0.2, -0.15) is 0 Å². The minimum atomic E-state index is 0.633. The Kier molecular flexibility index (Phi) is 3.25. The van der Waals surface area contributed by atoms with Gasteiger partial charge in [0.1, 0.15) is 5.52 Å². The third-order valence-corrected chi connectivity index (χ3v) is 3.69. The Morgan fingerprint density at radius 1 is 1.33 bits per heavy atom. The molecule has 0 aliphatic carbocycles. The van der Waals surface area contributed by atoms with Gasteiger partial charge in [-0.3, -0.25) is 4.90 Å². The van der Waals surface area contributed by atoms with Gasteiger partial charge in [-0.05, 0) is 44.0 Å². The van der Waals surface area contributed by atoms with E-state index in [9.17, 15) is 0 Å². The lowest BCUT2D eigenvalue weighted by Gasteiger charge is -2.31. The van der Waals surface area contributed by atoms with E-state index in [0.717, 1.165) is 37.3 Å². The molecule has 0 spiro atoms. The Bertz CT molecular complexity index is 521. The molecule has 96 valence electrons. The summed E-state index contributed by atoms with van der Waals surface area (Å²) >= 11 is 0. The van der Waals surface area contributed by atoms with Crippen molar-refractivity contribution in [3.05, 3.63) is 24.3 Å². The number of likely N-dealkylation sites (tertiary alicyclic amines) is 1. The third-order valence-electron chi connectivity index (χ3n) is 3.69. The Morgan fingerprint density at radius 2 is 2.22 bits per heavy atom. The summed E-state index contributed by atoms with van der Waals surface area (Å²) in [5, 5.41) is 8.42. The molecule has 0 saturated carbocycles. The van der Waals surface area contributed by atoms with Crippen LogP contribution in [0.2, 0.25) is 0 Å². The number of piperidine rings is 1. The highest BCUT2D eigenvalue weighted by Gasteiger charge is 2.19. The van der Waals surface area contributed by atoms with Gasteiger partial charge >= 0.3 is 0 Å². The predicted octanol–water partition coefficient (Wildman–Crippen LogP) is 1.06. The summed E-state index contributed by atoms with van der Waals surface area (Å²) in [6, 6.07) is 8.09. The van der Waals surface area contributed by atoms with Crippen LogP contribution in [0.1, 0.15) is 12.8 Å². The maximum atomic E-state index is 5.77. The van der Waals surface area contributed by atoms with E-state index in [1.807, 2.05) is 22.9 Å². The monoisotopic (exact) mass is 245 g/mol. The van der Waals surface area contributed by atoms with Gasteiger partial charge in [0.25, 0.3) is 0 Å². The average molecular weight is 245 g/mol. The van der Waals surface area contributed by atoms with Gasteiger partial charge in [-0.1, -0.05) is 17.3 Å². The molecule has 2 heterocycles. The van der Waals surface area contributed by atoms with E-state index in [1.165, 1.54) is 12.8 Å². The fourth-order valence-corrected chi connectivity index (χ4v) is 2.68. The van der Waals surface area contributed by atoms with Gasteiger partial charge in [0, 0.05) is 6.54 Å². The number of aromatic nitrogens is 3. The summed E-state index contributed by atoms with van der Waals surface area (Å²) in [5.74, 6) is 0.633. The topological polar surface area (TPSA) is 60.0 Å². The first kappa shape index (κ1) is 11.6. The summed E-state index contributed by atoms with van der Waals surface area (Å²) < 4.78 is 1.98. The van der Waals surface area contributed by atoms with Crippen LogP contribution in [0.3, 0.4) is 0 Å². The van der Waals surface area contributed by atoms with Crippen molar-refractivity contribution in [2.75, 3.05) is 19.6 Å². The minimum Gasteiger partial charge on any atom is -0.330 e. The van der Waals surface area contributed by atoms with E-state index in [2.05, 4.69) is 21.3 Å². The van der Waals surface area contributed by atoms with Crippen LogP contribution in [-0.2, 0) is 6.67 Å². The standard InChI is InChI=1S/C13H19N5/c14-8-11-4-3-7-17(9-11)10-18-13-6-2-1-5-12(13)15-16-18/h1-2,5-6,11H,3-4,7-10,14H2. The Morgan fingerprint density at radius 3 is 3.11 bits per heavy atom. The summed E-state index contributed by atoms with van der Waals surface area (Å²) in [5.41, 5.74) is 7.83. The molecule has 0 radical (unpaired) electrons. The van der Waals surface area contributed by atoms with E-state index in [0.29, 0.717) is 5.92 Å². The van der Waals surface area contributed by atoms with Crippen molar-refractivity contribution in [1.82, 2.24) is 19.9 Å². The van der Waals surface area contributed by atoms with Crippen molar-refractivity contribution < 1.29 is 0 Å². The average Bonchev–Trinajstić information content (AvgIpc) is 2.83. The first-order valence-electron chi connectivity index (χ1n) is 6.57. The fraction of sp³-hybridized carbons (Fsp3) is 0.538. The van der Waals surface area contributed by atoms with Crippen molar-refractivity contribution >= 4 is 11.0 Å². The van der Waals surface area contributed by atoms with Crippen molar-refractivity contribution in [1.29, 1.82) is 0 Å². The second kappa shape index (κ2) is 5.04. The van der Waals surface area contributed by atoms with E-state index in [-0.39, 0.29) is 0 Å². The molecule has 0 amide bonds. The first-order chi connectivity index (χ1) is 8.86. The van der Waals surface area contributed by atoms with Crippen LogP contribution in [0, 0.1) is 5.92 Å². The molecule has 1 aromatic heterocycles. The molecule has 1 aliphatic rings. The van der Waals surface area contributed by atoms with Crippen LogP contribution in [0.25, 0.3) is 11.0 Å². The van der Waals surface area contributed by atoms with Crippen molar-refractivity contribution in [3.8, 4) is 0 Å². The highest BCUT2D eigenvalue weighted by Crippen LogP contribution is 2.17. The molecule has 0 bridgehead atoms. The van der Waals surface area contributed by atoms with Gasteiger partial charge in [-0.25, -0.2) is 4.68 Å². The van der Waals surface area contributed by atoms with Gasteiger partial charge in [-0.15, -0.1) is 5.10 Å². The van der Waals surface area contributed by atoms with Crippen molar-refractivity contribution in [2.24, 2.45) is 11.7 Å². The maximum absolute atomic E-state index is 5.77. The number of benzene rings is 1. The third kappa shape index (κ3) is 2.23. The van der Waals surface area contributed by atoms with Gasteiger partial charge in [0.2, 0.25) is 0 Å². The normalized spacial score (nSPS) is 21.5. The maximum Gasteiger partial charge on any atom is 0.113 e. The van der Waals surface area contributed by atoms with Crippen LogP contribution in [0.5, 0.6) is 0 Å². The zero-order chi connectivity index (χ0) is 12.4. The number of nitrogens with two attached hydrogens (primary N) is 1. The number of para-hydroxylation sites is 1. The molecule has 1 fully saturated rings. The molecular weight excluding hydrogens is 226 g/mol. The highest BCUT2D eigenvalue weighted by molar-refractivity contribution is 5.73. The SMILES string of the molecule is NCC1CCCN(Cn2nnc3ccccc32)C1. The zero-order valence-corrected chi connectivity index (χ0v) is 10.5. The minimum absolute atomic E-state index is 0.633. The van der Waals surface area contributed by atoms with Crippen LogP contribution in [0.4, 0.5) is 0 Å². The number of hydrogen-bond donors (Lipinski definition) is 1. The number of nitrogens with zero attached hydrogens (tertiary/aromatic N) is 4. The Balaban J connectivity index is 1.76. The lowest BCUT2D eigenvalue weighted by Crippen LogP contribution is -2.39. The molecule has 3 rings (SSSR count). The molecule has 1 aliphatic heterocycles. The van der Waals surface area contributed by atoms with Crippen LogP contribution in [0.15, 0.2) is 24.3 Å². The number of rotatable bonds is 3. The first-order valence-corrected chi connectivity index (χ1v) is 6.57. The molecule has 1 aromatic carbocycles. The molecular formula is C13H19N5. The second-order valence-corrected chi connectivity index (χ2v) is 5.04. The molecule has 2 N–H and O–H groups in total. The molecule has 1 unspecified atom stereocenters. The summed E-state index contributed by atoms with van der Waals surface area (Å²) in [6.45, 7) is 3.81. The molecule has 1 atom stereocenters. The van der Waals surface area contributed by atoms with Crippen LogP contribution in [-0.4, -0.2) is 39.5 Å². The smallest absolute Gasteiger partial charge is 0.113 e. The van der Waals surface area contributed by atoms with E-state index in [4.69, 9.17) is 5.73 Å². The molecule has 2 aromatic rings. The Hall–Kier alpha value is -1.46. The summed E-state index contributed by atoms with van der Waals surface area (Å²) in [6.07, 6.45) is 2.49. The lowest BCUT2D eigenvalue weighted by atomic mass is 9.99. The summed E-state index contributed by atoms with van der Waals surface area (Å²) in [7, 11) is 0. The van der Waals surface area contributed by atoms with E-state index in [1.54, 1.807) is 0 Å². The zero-order valence-electron chi connectivity index (χ0n) is 10.5. The van der Waals surface area contributed by atoms with Crippen molar-refractivity contribution in [3.63, 3.8) is 0 Å². The lowest BCUT2D eigenvalue weighted by molar-refractivity contribution is 0.136. The number of fused-ring (bicyclic) bond motifs is 1. The van der Waals surface area contributed by atoms with E-state index < -0.39 is 0 Å². The number of hydrogen-bond acceptors (Lipinski definition) is 4. The van der Waals surface area contributed by atoms with Crippen LogP contribution >= 0.6 is 0 Å². The van der Waals surface area contributed by atoms with E-state index >= 15 is 0 Å². The fourth-order valence-electron chi connectivity index (χ4n) is 2.68. The van der Waals surface area contributed by atoms with Crippen molar-refractivity contribution in [2.45, 2.75) is 19.5 Å². The summed E-state index contributed by atoms with van der Waals surface area (Å²) in [4.78, 5) is 2.42. The Labute approximate surface area is 107 Å². The quantitative estimate of drug-likeness (QED) is 0.878. The largest absolute Gasteiger partial charge is 0.330 e. The highest BCUT2D eigenvalue weighted by atomic mass is 15.5. The second-order valence-electron chi connectivity index (χ2n) is 5.04. The predicted molar refractivity (Wildman–Crippen MR) is 70.9 cm³/mol. The molecule has 5 heteroatoms.